The van der Waals surface area contributed by atoms with Gasteiger partial charge in [0, 0.05) is 31.7 Å². The van der Waals surface area contributed by atoms with Crippen LogP contribution in [0.4, 0.5) is 8.78 Å². The minimum Gasteiger partial charge on any atom is -0.353 e. The van der Waals surface area contributed by atoms with Crippen LogP contribution in [-0.4, -0.2) is 35.8 Å². The van der Waals surface area contributed by atoms with Crippen LogP contribution in [-0.2, 0) is 22.7 Å². The molecule has 3 rings (SSSR count). The molecule has 1 saturated heterocycles. The molecule has 1 atom stereocenters. The number of aryl methyl sites for hydroxylation is 1. The highest BCUT2D eigenvalue weighted by Gasteiger charge is 2.32. The second-order valence-corrected chi connectivity index (χ2v) is 6.90. The summed E-state index contributed by atoms with van der Waals surface area (Å²) in [6, 6.07) is 11.0. The van der Waals surface area contributed by atoms with Gasteiger partial charge in [0.15, 0.2) is 11.6 Å². The van der Waals surface area contributed by atoms with E-state index < -0.39 is 17.7 Å². The molecule has 0 saturated carbocycles. The summed E-state index contributed by atoms with van der Waals surface area (Å²) in [5.41, 5.74) is 2.24. The van der Waals surface area contributed by atoms with Crippen molar-refractivity contribution in [3.8, 4) is 0 Å². The Morgan fingerprint density at radius 2 is 1.93 bits per heavy atom. The van der Waals surface area contributed by atoms with Gasteiger partial charge >= 0.3 is 0 Å². The van der Waals surface area contributed by atoms with Crippen LogP contribution in [0.1, 0.15) is 23.1 Å². The summed E-state index contributed by atoms with van der Waals surface area (Å²) in [5.74, 6) is -2.40. The minimum absolute atomic E-state index is 0.0470. The number of amides is 2. The zero-order valence-corrected chi connectivity index (χ0v) is 15.7. The van der Waals surface area contributed by atoms with Gasteiger partial charge < -0.3 is 10.6 Å². The van der Waals surface area contributed by atoms with E-state index in [0.29, 0.717) is 19.6 Å². The predicted molar refractivity (Wildman–Crippen MR) is 101 cm³/mol. The molecule has 148 valence electrons. The molecule has 1 heterocycles. The lowest BCUT2D eigenvalue weighted by Crippen LogP contribution is -2.56. The smallest absolute Gasteiger partial charge is 0.237 e. The van der Waals surface area contributed by atoms with Crippen molar-refractivity contribution < 1.29 is 18.4 Å². The summed E-state index contributed by atoms with van der Waals surface area (Å²) >= 11 is 0. The number of hydrogen-bond acceptors (Lipinski definition) is 3. The van der Waals surface area contributed by atoms with Crippen LogP contribution in [0.3, 0.4) is 0 Å². The first-order chi connectivity index (χ1) is 13.5. The summed E-state index contributed by atoms with van der Waals surface area (Å²) in [6.07, 6.45) is -0.0470. The Labute approximate surface area is 162 Å². The summed E-state index contributed by atoms with van der Waals surface area (Å²) in [7, 11) is 0. The highest BCUT2D eigenvalue weighted by atomic mass is 19.2. The van der Waals surface area contributed by atoms with E-state index >= 15 is 0 Å². The number of nitrogens with one attached hydrogen (secondary N) is 2. The van der Waals surface area contributed by atoms with Crippen molar-refractivity contribution >= 4 is 11.8 Å². The van der Waals surface area contributed by atoms with E-state index in [1.807, 2.05) is 31.2 Å². The van der Waals surface area contributed by atoms with E-state index in [0.717, 1.165) is 17.2 Å². The van der Waals surface area contributed by atoms with Crippen LogP contribution in [0.5, 0.6) is 0 Å². The highest BCUT2D eigenvalue weighted by Crippen LogP contribution is 2.18. The van der Waals surface area contributed by atoms with Crippen molar-refractivity contribution in [1.29, 1.82) is 0 Å². The van der Waals surface area contributed by atoms with Gasteiger partial charge in [-0.25, -0.2) is 8.78 Å². The van der Waals surface area contributed by atoms with Gasteiger partial charge in [0.1, 0.15) is 0 Å². The number of carbonyl (C=O) groups is 2. The Kier molecular flexibility index (Phi) is 6.36. The summed E-state index contributed by atoms with van der Waals surface area (Å²) in [6.45, 7) is 3.25. The fourth-order valence-electron chi connectivity index (χ4n) is 3.31. The number of hydrogen-bond donors (Lipinski definition) is 2. The largest absolute Gasteiger partial charge is 0.353 e. The topological polar surface area (TPSA) is 61.4 Å². The van der Waals surface area contributed by atoms with Crippen LogP contribution in [0.2, 0.25) is 0 Å². The first-order valence-electron chi connectivity index (χ1n) is 9.21. The Hall–Kier alpha value is -2.80. The van der Waals surface area contributed by atoms with Crippen molar-refractivity contribution in [2.75, 3.05) is 13.1 Å². The quantitative estimate of drug-likeness (QED) is 0.800. The van der Waals surface area contributed by atoms with Crippen LogP contribution in [0.25, 0.3) is 0 Å². The first kappa shape index (κ1) is 19.9. The summed E-state index contributed by atoms with van der Waals surface area (Å²) < 4.78 is 27.5. The van der Waals surface area contributed by atoms with Gasteiger partial charge in [-0.05, 0) is 24.1 Å². The molecular formula is C21H23F2N3O2. The second-order valence-electron chi connectivity index (χ2n) is 6.90. The average Bonchev–Trinajstić information content (AvgIpc) is 2.67. The van der Waals surface area contributed by atoms with Crippen molar-refractivity contribution in [1.82, 2.24) is 15.5 Å². The third-order valence-corrected chi connectivity index (χ3v) is 4.96. The normalized spacial score (nSPS) is 17.2. The maximum Gasteiger partial charge on any atom is 0.237 e. The van der Waals surface area contributed by atoms with Gasteiger partial charge in [0.25, 0.3) is 0 Å². The maximum atomic E-state index is 14.0. The van der Waals surface area contributed by atoms with Gasteiger partial charge in [0.2, 0.25) is 11.8 Å². The summed E-state index contributed by atoms with van der Waals surface area (Å²) in [5, 5.41) is 5.57. The molecule has 0 bridgehead atoms. The number of piperazine rings is 1. The van der Waals surface area contributed by atoms with Crippen molar-refractivity contribution in [3.63, 3.8) is 0 Å². The van der Waals surface area contributed by atoms with Crippen LogP contribution < -0.4 is 10.6 Å². The second kappa shape index (κ2) is 8.93. The van der Waals surface area contributed by atoms with Gasteiger partial charge in [-0.1, -0.05) is 36.4 Å². The van der Waals surface area contributed by atoms with Gasteiger partial charge in [-0.15, -0.1) is 0 Å². The van der Waals surface area contributed by atoms with Crippen LogP contribution in [0.15, 0.2) is 42.5 Å². The van der Waals surface area contributed by atoms with E-state index in [1.165, 1.54) is 12.1 Å². The molecule has 1 fully saturated rings. The molecule has 5 nitrogen and oxygen atoms in total. The van der Waals surface area contributed by atoms with Crippen LogP contribution in [0, 0.1) is 18.6 Å². The number of halogens is 2. The average molecular weight is 387 g/mol. The standard InChI is InChI=1S/C21H23F2N3O2/c1-14-5-2-3-6-15(14)12-25-19(27)11-18-21(28)24-9-10-26(18)13-16-7-4-8-17(22)20(16)23/h2-8,18H,9-13H2,1H3,(H,24,28)(H,25,27). The zero-order valence-electron chi connectivity index (χ0n) is 15.7. The Morgan fingerprint density at radius 3 is 2.71 bits per heavy atom. The Balaban J connectivity index is 1.65. The molecule has 2 aromatic rings. The third-order valence-electron chi connectivity index (χ3n) is 4.96. The van der Waals surface area contributed by atoms with Crippen LogP contribution >= 0.6 is 0 Å². The van der Waals surface area contributed by atoms with Gasteiger partial charge in [-0.3, -0.25) is 14.5 Å². The molecule has 0 aliphatic carbocycles. The monoisotopic (exact) mass is 387 g/mol. The molecule has 28 heavy (non-hydrogen) atoms. The SMILES string of the molecule is Cc1ccccc1CNC(=O)CC1C(=O)NCCN1Cc1cccc(F)c1F. The van der Waals surface area contributed by atoms with Crippen molar-refractivity contribution in [2.45, 2.75) is 32.5 Å². The molecule has 0 spiro atoms. The molecule has 2 N–H and O–H groups in total. The van der Waals surface area contributed by atoms with E-state index in [4.69, 9.17) is 0 Å². The molecule has 1 unspecified atom stereocenters. The lowest BCUT2D eigenvalue weighted by atomic mass is 10.1. The molecular weight excluding hydrogens is 364 g/mol. The van der Waals surface area contributed by atoms with Crippen molar-refractivity contribution in [2.24, 2.45) is 0 Å². The van der Waals surface area contributed by atoms with Crippen molar-refractivity contribution in [3.05, 3.63) is 70.8 Å². The Morgan fingerprint density at radius 1 is 1.18 bits per heavy atom. The molecule has 2 aromatic carbocycles. The maximum absolute atomic E-state index is 14.0. The molecule has 7 heteroatoms. The molecule has 0 radical (unpaired) electrons. The van der Waals surface area contributed by atoms with E-state index in [9.17, 15) is 18.4 Å². The lowest BCUT2D eigenvalue weighted by Gasteiger charge is -2.34. The molecule has 2 amide bonds. The predicted octanol–water partition coefficient (Wildman–Crippen LogP) is 2.28. The fraction of sp³-hybridized carbons (Fsp3) is 0.333. The minimum atomic E-state index is -0.925. The van der Waals surface area contributed by atoms with Gasteiger partial charge in [0.05, 0.1) is 12.5 Å². The van der Waals surface area contributed by atoms with E-state index in [2.05, 4.69) is 10.6 Å². The third kappa shape index (κ3) is 4.72. The molecule has 1 aliphatic rings. The lowest BCUT2D eigenvalue weighted by molar-refractivity contribution is -0.134. The zero-order chi connectivity index (χ0) is 20.1. The number of carbonyl (C=O) groups excluding carboxylic acids is 2. The fourth-order valence-corrected chi connectivity index (χ4v) is 3.31. The highest BCUT2D eigenvalue weighted by molar-refractivity contribution is 5.88. The van der Waals surface area contributed by atoms with E-state index in [1.54, 1.807) is 4.90 Å². The number of rotatable bonds is 6. The van der Waals surface area contributed by atoms with E-state index in [-0.39, 0.29) is 30.3 Å². The summed E-state index contributed by atoms with van der Waals surface area (Å²) in [4.78, 5) is 26.4. The number of benzene rings is 2. The first-order valence-corrected chi connectivity index (χ1v) is 9.21. The number of nitrogens with zero attached hydrogens (tertiary/aromatic N) is 1. The molecule has 0 aromatic heterocycles. The Bertz CT molecular complexity index is 872. The molecule has 1 aliphatic heterocycles. The van der Waals surface area contributed by atoms with Gasteiger partial charge in [-0.2, -0.15) is 0 Å².